The van der Waals surface area contributed by atoms with E-state index in [2.05, 4.69) is 42.9 Å². The van der Waals surface area contributed by atoms with E-state index in [0.717, 1.165) is 51.9 Å². The number of likely N-dealkylation sites (tertiary alicyclic amines) is 1. The minimum absolute atomic E-state index is 0.0749. The summed E-state index contributed by atoms with van der Waals surface area (Å²) in [4.78, 5) is 102. The zero-order chi connectivity index (χ0) is 44.4. The van der Waals surface area contributed by atoms with E-state index in [0.29, 0.717) is 31.6 Å². The monoisotopic (exact) mass is 863 g/mol. The Kier molecular flexibility index (Phi) is 20.3. The number of aryl methyl sites for hydroxylation is 2. The topological polar surface area (TPSA) is 286 Å². The van der Waals surface area contributed by atoms with Crippen molar-refractivity contribution in [1.29, 1.82) is 0 Å². The first-order valence-electron chi connectivity index (χ1n) is 20.6. The summed E-state index contributed by atoms with van der Waals surface area (Å²) >= 11 is 0. The summed E-state index contributed by atoms with van der Waals surface area (Å²) in [6, 6.07) is 3.68. The largest absolute Gasteiger partial charge is 0.469 e. The number of benzene rings is 1. The number of aliphatic hydroxyl groups is 1. The molecule has 0 spiro atoms. The quantitative estimate of drug-likeness (QED) is 0.0355. The smallest absolute Gasteiger partial charge is 0.394 e. The molecule has 6 amide bonds. The maximum atomic E-state index is 14.0. The van der Waals surface area contributed by atoms with Crippen LogP contribution in [0.3, 0.4) is 0 Å². The molecule has 1 aromatic heterocycles. The average Bonchev–Trinajstić information content (AvgIpc) is 3.86. The molecule has 1 aliphatic rings. The van der Waals surface area contributed by atoms with E-state index < -0.39 is 80.3 Å². The second kappa shape index (κ2) is 24.5. The fourth-order valence-corrected chi connectivity index (χ4v) is 7.79. The molecule has 19 nitrogen and oxygen atoms in total. The summed E-state index contributed by atoms with van der Waals surface area (Å²) in [5, 5.41) is 20.2. The Morgan fingerprint density at radius 2 is 1.52 bits per heavy atom. The molecule has 2 aromatic rings. The van der Waals surface area contributed by atoms with Gasteiger partial charge in [0.1, 0.15) is 42.1 Å². The number of hydrogen-bond donors (Lipinski definition) is 9. The fraction of sp³-hybridized carbons (Fsp3) is 0.625. The molecule has 334 valence electrons. The number of nitrogens with one attached hydrogen (secondary N) is 5. The van der Waals surface area contributed by atoms with Gasteiger partial charge < -0.3 is 46.8 Å². The van der Waals surface area contributed by atoms with Crippen LogP contribution in [0.1, 0.15) is 96.7 Å². The molecular formula is C40H64N8O11P+. The van der Waals surface area contributed by atoms with Gasteiger partial charge in [-0.3, -0.25) is 33.3 Å². The van der Waals surface area contributed by atoms with Gasteiger partial charge >= 0.3 is 7.82 Å². The Bertz CT molecular complexity index is 1770. The number of primary amides is 1. The molecular weight excluding hydrogens is 799 g/mol. The SMILES string of the molecule is CC(=O)N1CCC[C@H]1C(=O)N[C@@H](CC(C)C)C(=O)N[C@@H](Cc1c[nH]c[n+]1CCCCCCCCc1ccccc1)C(=O)N[C@@H](CO)C(=O)N[C@H](C(N)=O)[C@@H](C)OP(=O)(O)O. The van der Waals surface area contributed by atoms with Gasteiger partial charge in [-0.2, -0.15) is 0 Å². The van der Waals surface area contributed by atoms with Crippen molar-refractivity contribution in [2.45, 2.75) is 141 Å². The maximum Gasteiger partial charge on any atom is 0.469 e. The first-order chi connectivity index (χ1) is 28.4. The predicted molar refractivity (Wildman–Crippen MR) is 219 cm³/mol. The van der Waals surface area contributed by atoms with Crippen LogP contribution in [0.25, 0.3) is 0 Å². The Morgan fingerprint density at radius 1 is 0.900 bits per heavy atom. The standard InChI is InChI=1S/C40H63N8O11P/c1-26(2)21-31(44-40(55)34-18-14-20-48(34)28(4)50)37(52)43-32(38(53)45-33(24-49)39(54)46-35(36(41)51)27(3)59-60(56,57)58)22-30-23-42-25-47(30)19-13-8-6-5-7-10-15-29-16-11-9-12-17-29/h9,11-12,16-17,23,25-27,31-35,49H,5-8,10,13-15,18-22,24H2,1-4H3,(H8,41,43,44,45,46,51,52,53,54,55,56,57,58)/p+1/t27-,31+,32+,33+,34+,35+/m1/s1. The highest BCUT2D eigenvalue weighted by molar-refractivity contribution is 7.46. The predicted octanol–water partition coefficient (Wildman–Crippen LogP) is 0.400. The first-order valence-corrected chi connectivity index (χ1v) is 22.1. The number of unbranched alkanes of at least 4 members (excludes halogenated alkanes) is 5. The lowest BCUT2D eigenvalue weighted by molar-refractivity contribution is -0.703. The van der Waals surface area contributed by atoms with Crippen LogP contribution < -0.4 is 31.6 Å². The average molecular weight is 864 g/mol. The van der Waals surface area contributed by atoms with Crippen molar-refractivity contribution in [3.05, 3.63) is 54.1 Å². The lowest BCUT2D eigenvalue weighted by atomic mass is 10.0. The Labute approximate surface area is 351 Å². The van der Waals surface area contributed by atoms with E-state index >= 15 is 0 Å². The van der Waals surface area contributed by atoms with Gasteiger partial charge in [0.25, 0.3) is 0 Å². The van der Waals surface area contributed by atoms with Crippen LogP contribution >= 0.6 is 7.82 Å². The number of nitrogens with two attached hydrogens (primary N) is 1. The maximum absolute atomic E-state index is 14.0. The summed E-state index contributed by atoms with van der Waals surface area (Å²) in [6.45, 7) is 6.22. The number of carbonyl (C=O) groups excluding carboxylic acids is 6. The van der Waals surface area contributed by atoms with Crippen molar-refractivity contribution in [3.63, 3.8) is 0 Å². The fourth-order valence-electron chi connectivity index (χ4n) is 7.23. The van der Waals surface area contributed by atoms with E-state index in [4.69, 9.17) is 5.73 Å². The lowest BCUT2D eigenvalue weighted by Crippen LogP contribution is -2.61. The third kappa shape index (κ3) is 16.8. The zero-order valence-electron chi connectivity index (χ0n) is 35.0. The molecule has 2 heterocycles. The van der Waals surface area contributed by atoms with Crippen molar-refractivity contribution in [2.75, 3.05) is 13.2 Å². The van der Waals surface area contributed by atoms with Gasteiger partial charge in [0.2, 0.25) is 41.8 Å². The lowest BCUT2D eigenvalue weighted by Gasteiger charge is -2.28. The third-order valence-electron chi connectivity index (χ3n) is 10.3. The molecule has 6 atom stereocenters. The van der Waals surface area contributed by atoms with Gasteiger partial charge in [-0.15, -0.1) is 0 Å². The summed E-state index contributed by atoms with van der Waals surface area (Å²) in [6.07, 6.45) is 10.2. The van der Waals surface area contributed by atoms with Crippen LogP contribution in [-0.4, -0.2) is 110 Å². The number of amides is 6. The molecule has 20 heteroatoms. The second-order valence-electron chi connectivity index (χ2n) is 15.7. The first kappa shape index (κ1) is 49.7. The van der Waals surface area contributed by atoms with E-state index in [1.54, 1.807) is 12.5 Å². The van der Waals surface area contributed by atoms with Crippen molar-refractivity contribution < 1.29 is 57.3 Å². The number of carbonyl (C=O) groups is 6. The number of hydrogen-bond acceptors (Lipinski definition) is 9. The summed E-state index contributed by atoms with van der Waals surface area (Å²) < 4.78 is 17.8. The molecule has 0 aliphatic carbocycles. The minimum atomic E-state index is -5.10. The van der Waals surface area contributed by atoms with Gasteiger partial charge in [-0.1, -0.05) is 63.4 Å². The van der Waals surface area contributed by atoms with Crippen molar-refractivity contribution in [2.24, 2.45) is 11.7 Å². The molecule has 3 rings (SSSR count). The van der Waals surface area contributed by atoms with E-state index in [1.165, 1.54) is 17.4 Å². The van der Waals surface area contributed by atoms with Gasteiger partial charge in [0, 0.05) is 19.9 Å². The molecule has 1 fully saturated rings. The number of imidazole rings is 1. The number of H-pyrrole nitrogens is 1. The molecule has 0 radical (unpaired) electrons. The van der Waals surface area contributed by atoms with Crippen LogP contribution in [0.5, 0.6) is 0 Å². The number of phosphoric acid groups is 1. The highest BCUT2D eigenvalue weighted by Crippen LogP contribution is 2.38. The molecule has 0 saturated carbocycles. The zero-order valence-corrected chi connectivity index (χ0v) is 35.9. The number of rotatable bonds is 26. The Morgan fingerprint density at radius 3 is 2.13 bits per heavy atom. The Balaban J connectivity index is 1.76. The normalized spacial score (nSPS) is 16.7. The highest BCUT2D eigenvalue weighted by Gasteiger charge is 2.37. The summed E-state index contributed by atoms with van der Waals surface area (Å²) in [7, 11) is -5.10. The molecule has 60 heavy (non-hydrogen) atoms. The number of aromatic nitrogens is 2. The number of aliphatic hydroxyl groups excluding tert-OH is 1. The number of nitrogens with zero attached hydrogens (tertiary/aromatic N) is 2. The Hall–Kier alpha value is -4.68. The van der Waals surface area contributed by atoms with Crippen LogP contribution in [-0.2, 0) is 57.2 Å². The highest BCUT2D eigenvalue weighted by atomic mass is 31.2. The summed E-state index contributed by atoms with van der Waals surface area (Å²) in [5.74, 6) is -4.77. The van der Waals surface area contributed by atoms with E-state index in [-0.39, 0.29) is 24.7 Å². The number of aromatic amines is 1. The minimum Gasteiger partial charge on any atom is -0.394 e. The number of phosphoric ester groups is 1. The second-order valence-corrected chi connectivity index (χ2v) is 16.9. The molecule has 1 aromatic carbocycles. The van der Waals surface area contributed by atoms with Crippen molar-refractivity contribution in [1.82, 2.24) is 31.2 Å². The van der Waals surface area contributed by atoms with Crippen LogP contribution in [0.15, 0.2) is 42.9 Å². The summed E-state index contributed by atoms with van der Waals surface area (Å²) in [5.41, 5.74) is 7.31. The van der Waals surface area contributed by atoms with E-state index in [9.17, 15) is 48.2 Å². The van der Waals surface area contributed by atoms with Crippen LogP contribution in [0.2, 0.25) is 0 Å². The van der Waals surface area contributed by atoms with Crippen LogP contribution in [0, 0.1) is 5.92 Å². The van der Waals surface area contributed by atoms with Gasteiger partial charge in [0.05, 0.1) is 19.3 Å². The van der Waals surface area contributed by atoms with Gasteiger partial charge in [0.15, 0.2) is 0 Å². The van der Waals surface area contributed by atoms with Gasteiger partial charge in [-0.25, -0.2) is 14.1 Å². The molecule has 1 aliphatic heterocycles. The molecule has 0 unspecified atom stereocenters. The molecule has 10 N–H and O–H groups in total. The third-order valence-corrected chi connectivity index (χ3v) is 11.0. The van der Waals surface area contributed by atoms with E-state index in [1.807, 2.05) is 36.6 Å². The van der Waals surface area contributed by atoms with Crippen molar-refractivity contribution in [3.8, 4) is 0 Å². The van der Waals surface area contributed by atoms with Gasteiger partial charge in [-0.05, 0) is 63.4 Å². The van der Waals surface area contributed by atoms with Crippen molar-refractivity contribution >= 4 is 43.3 Å². The molecule has 0 bridgehead atoms. The van der Waals surface area contributed by atoms with Crippen LogP contribution in [0.4, 0.5) is 0 Å². The molecule has 1 saturated heterocycles.